The molecule has 0 aliphatic rings. The lowest BCUT2D eigenvalue weighted by molar-refractivity contribution is 0.180. The van der Waals surface area contributed by atoms with Crippen molar-refractivity contribution >= 4 is 37.6 Å². The van der Waals surface area contributed by atoms with Gasteiger partial charge in [-0.2, -0.15) is 4.31 Å². The number of methoxy groups -OCH3 is 1. The molecule has 0 aliphatic heterocycles. The fourth-order valence-corrected chi connectivity index (χ4v) is 4.30. The maximum Gasteiger partial charge on any atom is 0.244 e. The number of rotatable bonds is 7. The summed E-state index contributed by atoms with van der Waals surface area (Å²) in [6.07, 6.45) is 0. The molecule has 0 unspecified atom stereocenters. The normalized spacial score (nSPS) is 12.1. The van der Waals surface area contributed by atoms with Crippen LogP contribution in [0.15, 0.2) is 27.6 Å². The van der Waals surface area contributed by atoms with E-state index in [1.54, 1.807) is 32.2 Å². The fraction of sp³-hybridized carbons (Fsp3) is 0.500. The molecule has 1 aromatic rings. The van der Waals surface area contributed by atoms with E-state index < -0.39 is 10.0 Å². The van der Waals surface area contributed by atoms with Gasteiger partial charge in [-0.1, -0.05) is 13.0 Å². The van der Waals surface area contributed by atoms with E-state index in [0.717, 1.165) is 5.56 Å². The summed E-state index contributed by atoms with van der Waals surface area (Å²) in [5.74, 6) is 0.347. The summed E-state index contributed by atoms with van der Waals surface area (Å²) in [5, 5.41) is 0. The second-order valence-electron chi connectivity index (χ2n) is 3.89. The lowest BCUT2D eigenvalue weighted by Crippen LogP contribution is -2.34. The standard InChI is InChI=1S/C12H17BrClNO3S/c1-3-15(6-7-18-2)19(16,17)12-5-4-10(9-14)8-11(12)13/h4-5,8H,3,6-7,9H2,1-2H3. The quantitative estimate of drug-likeness (QED) is 0.693. The Morgan fingerprint density at radius 2 is 2.11 bits per heavy atom. The SMILES string of the molecule is CCN(CCOC)S(=O)(=O)c1ccc(CCl)cc1Br. The van der Waals surface area contributed by atoms with Crippen LogP contribution in [0.1, 0.15) is 12.5 Å². The van der Waals surface area contributed by atoms with Crippen LogP contribution in [-0.4, -0.2) is 39.5 Å². The zero-order chi connectivity index (χ0) is 14.5. The van der Waals surface area contributed by atoms with Gasteiger partial charge in [0.15, 0.2) is 0 Å². The molecule has 0 aromatic heterocycles. The highest BCUT2D eigenvalue weighted by molar-refractivity contribution is 9.10. The second-order valence-corrected chi connectivity index (χ2v) is 6.92. The highest BCUT2D eigenvalue weighted by atomic mass is 79.9. The van der Waals surface area contributed by atoms with Crippen LogP contribution in [0.2, 0.25) is 0 Å². The molecule has 0 spiro atoms. The third-order valence-electron chi connectivity index (χ3n) is 2.67. The average Bonchev–Trinajstić information content (AvgIpc) is 2.38. The summed E-state index contributed by atoms with van der Waals surface area (Å²) in [6.45, 7) is 2.90. The molecular formula is C12H17BrClNO3S. The van der Waals surface area contributed by atoms with Crippen molar-refractivity contribution in [1.82, 2.24) is 4.31 Å². The Bertz CT molecular complexity index is 522. The Morgan fingerprint density at radius 3 is 2.58 bits per heavy atom. The molecule has 0 fully saturated rings. The van der Waals surface area contributed by atoms with E-state index in [2.05, 4.69) is 15.9 Å². The first-order valence-corrected chi connectivity index (χ1v) is 8.57. The number of likely N-dealkylation sites (N-methyl/N-ethyl adjacent to an activating group) is 1. The lowest BCUT2D eigenvalue weighted by Gasteiger charge is -2.21. The van der Waals surface area contributed by atoms with Gasteiger partial charge in [0.25, 0.3) is 0 Å². The van der Waals surface area contributed by atoms with E-state index in [-0.39, 0.29) is 4.90 Å². The first-order valence-electron chi connectivity index (χ1n) is 5.80. The van der Waals surface area contributed by atoms with Gasteiger partial charge in [0.1, 0.15) is 0 Å². The highest BCUT2D eigenvalue weighted by Crippen LogP contribution is 2.26. The molecule has 0 bridgehead atoms. The molecule has 0 atom stereocenters. The summed E-state index contributed by atoms with van der Waals surface area (Å²) >= 11 is 9.02. The van der Waals surface area contributed by atoms with Crippen molar-refractivity contribution in [3.63, 3.8) is 0 Å². The number of ether oxygens (including phenoxy) is 1. The van der Waals surface area contributed by atoms with Crippen LogP contribution in [0.5, 0.6) is 0 Å². The van der Waals surface area contributed by atoms with Crippen molar-refractivity contribution in [2.45, 2.75) is 17.7 Å². The molecule has 1 aromatic carbocycles. The molecule has 1 rings (SSSR count). The van der Waals surface area contributed by atoms with Gasteiger partial charge in [-0.25, -0.2) is 8.42 Å². The maximum absolute atomic E-state index is 12.5. The molecule has 0 radical (unpaired) electrons. The van der Waals surface area contributed by atoms with E-state index in [1.165, 1.54) is 4.31 Å². The molecule has 7 heteroatoms. The van der Waals surface area contributed by atoms with Gasteiger partial charge in [-0.3, -0.25) is 0 Å². The zero-order valence-corrected chi connectivity index (χ0v) is 14.1. The largest absolute Gasteiger partial charge is 0.383 e. The van der Waals surface area contributed by atoms with Crippen LogP contribution < -0.4 is 0 Å². The zero-order valence-electron chi connectivity index (χ0n) is 10.9. The van der Waals surface area contributed by atoms with Gasteiger partial charge in [-0.05, 0) is 33.6 Å². The first kappa shape index (κ1) is 16.9. The van der Waals surface area contributed by atoms with E-state index in [0.29, 0.717) is 30.0 Å². The minimum absolute atomic E-state index is 0.249. The van der Waals surface area contributed by atoms with Crippen LogP contribution in [0, 0.1) is 0 Å². The number of hydrogen-bond acceptors (Lipinski definition) is 3. The number of alkyl halides is 1. The topological polar surface area (TPSA) is 46.6 Å². The van der Waals surface area contributed by atoms with Crippen LogP contribution in [-0.2, 0) is 20.6 Å². The molecule has 0 saturated carbocycles. The van der Waals surface area contributed by atoms with Crippen molar-refractivity contribution < 1.29 is 13.2 Å². The number of halogens is 2. The van der Waals surface area contributed by atoms with Crippen LogP contribution in [0.3, 0.4) is 0 Å². The minimum Gasteiger partial charge on any atom is -0.383 e. The lowest BCUT2D eigenvalue weighted by atomic mass is 10.2. The molecule has 0 amide bonds. The molecule has 0 aliphatic carbocycles. The monoisotopic (exact) mass is 369 g/mol. The highest BCUT2D eigenvalue weighted by Gasteiger charge is 2.25. The number of sulfonamides is 1. The van der Waals surface area contributed by atoms with Crippen LogP contribution >= 0.6 is 27.5 Å². The molecule has 19 heavy (non-hydrogen) atoms. The molecule has 0 saturated heterocycles. The first-order chi connectivity index (χ1) is 8.97. The average molecular weight is 371 g/mol. The van der Waals surface area contributed by atoms with Crippen molar-refractivity contribution in [3.05, 3.63) is 28.2 Å². The van der Waals surface area contributed by atoms with Gasteiger partial charge in [0, 0.05) is 30.6 Å². The van der Waals surface area contributed by atoms with Crippen molar-refractivity contribution in [2.24, 2.45) is 0 Å². The van der Waals surface area contributed by atoms with Crippen molar-refractivity contribution in [3.8, 4) is 0 Å². The molecule has 108 valence electrons. The Labute approximate surface area is 127 Å². The summed E-state index contributed by atoms with van der Waals surface area (Å²) in [7, 11) is -1.97. The Morgan fingerprint density at radius 1 is 1.42 bits per heavy atom. The van der Waals surface area contributed by atoms with Crippen molar-refractivity contribution in [1.29, 1.82) is 0 Å². The Hall–Kier alpha value is -0.140. The Balaban J connectivity index is 3.11. The number of benzene rings is 1. The van der Waals surface area contributed by atoms with Crippen molar-refractivity contribution in [2.75, 3.05) is 26.8 Å². The van der Waals surface area contributed by atoms with Gasteiger partial charge < -0.3 is 4.74 Å². The van der Waals surface area contributed by atoms with E-state index >= 15 is 0 Å². The van der Waals surface area contributed by atoms with Gasteiger partial charge in [0.2, 0.25) is 10.0 Å². The Kier molecular flexibility index (Phi) is 6.76. The summed E-state index contributed by atoms with van der Waals surface area (Å²) in [5.41, 5.74) is 0.868. The summed E-state index contributed by atoms with van der Waals surface area (Å²) in [6, 6.07) is 5.02. The van der Waals surface area contributed by atoms with E-state index in [9.17, 15) is 8.42 Å². The second kappa shape index (κ2) is 7.59. The van der Waals surface area contributed by atoms with Gasteiger partial charge >= 0.3 is 0 Å². The summed E-state index contributed by atoms with van der Waals surface area (Å²) in [4.78, 5) is 0.249. The van der Waals surface area contributed by atoms with E-state index in [4.69, 9.17) is 16.3 Å². The minimum atomic E-state index is -3.52. The fourth-order valence-electron chi connectivity index (χ4n) is 1.62. The van der Waals surface area contributed by atoms with Crippen LogP contribution in [0.25, 0.3) is 0 Å². The van der Waals surface area contributed by atoms with Gasteiger partial charge in [0.05, 0.1) is 11.5 Å². The number of hydrogen-bond donors (Lipinski definition) is 0. The van der Waals surface area contributed by atoms with Gasteiger partial charge in [-0.15, -0.1) is 11.6 Å². The molecule has 4 nitrogen and oxygen atoms in total. The number of nitrogens with zero attached hydrogens (tertiary/aromatic N) is 1. The smallest absolute Gasteiger partial charge is 0.244 e. The predicted octanol–water partition coefficient (Wildman–Crippen LogP) is 2.84. The predicted molar refractivity (Wildman–Crippen MR) is 80.0 cm³/mol. The third-order valence-corrected chi connectivity index (χ3v) is 5.93. The molecule has 0 N–H and O–H groups in total. The third kappa shape index (κ3) is 4.16. The van der Waals surface area contributed by atoms with E-state index in [1.807, 2.05) is 0 Å². The molecule has 0 heterocycles. The molecular weight excluding hydrogens is 354 g/mol. The summed E-state index contributed by atoms with van der Waals surface area (Å²) < 4.78 is 31.8. The van der Waals surface area contributed by atoms with Crippen LogP contribution in [0.4, 0.5) is 0 Å². The maximum atomic E-state index is 12.5.